The van der Waals surface area contributed by atoms with Crippen LogP contribution in [0.2, 0.25) is 5.02 Å². The van der Waals surface area contributed by atoms with Crippen molar-refractivity contribution < 1.29 is 37.3 Å². The van der Waals surface area contributed by atoms with E-state index in [1.54, 1.807) is 0 Å². The Balaban J connectivity index is 1.58. The van der Waals surface area contributed by atoms with Crippen LogP contribution in [0.3, 0.4) is 0 Å². The second-order valence-corrected chi connectivity index (χ2v) is 12.1. The number of sulfone groups is 1. The second kappa shape index (κ2) is 9.08. The molecule has 3 aliphatic carbocycles. The Kier molecular flexibility index (Phi) is 6.74. The number of rotatable bonds is 6. The van der Waals surface area contributed by atoms with Gasteiger partial charge in [0.1, 0.15) is 6.10 Å². The Hall–Kier alpha value is -2.11. The molecule has 7 nitrogen and oxygen atoms in total. The van der Waals surface area contributed by atoms with Crippen LogP contribution in [0.5, 0.6) is 0 Å². The molecule has 4 atom stereocenters. The number of aliphatic hydroxyl groups excluding tert-OH is 2. The summed E-state index contributed by atoms with van der Waals surface area (Å²) in [5.41, 5.74) is -1.63. The lowest BCUT2D eigenvalue weighted by Gasteiger charge is -2.64. The predicted octanol–water partition coefficient (Wildman–Crippen LogP) is 3.16. The summed E-state index contributed by atoms with van der Waals surface area (Å²) in [6.45, 7) is 3.24. The van der Waals surface area contributed by atoms with Gasteiger partial charge in [0.2, 0.25) is 0 Å². The lowest BCUT2D eigenvalue weighted by Crippen LogP contribution is -2.73. The van der Waals surface area contributed by atoms with Crippen molar-refractivity contribution in [2.75, 3.05) is 5.32 Å². The molecule has 0 saturated heterocycles. The van der Waals surface area contributed by atoms with E-state index in [4.69, 9.17) is 11.6 Å². The van der Waals surface area contributed by atoms with Crippen molar-refractivity contribution in [1.29, 1.82) is 0 Å². The van der Waals surface area contributed by atoms with Gasteiger partial charge in [-0.15, -0.1) is 0 Å². The maximum absolute atomic E-state index is 13.5. The van der Waals surface area contributed by atoms with E-state index < -0.39 is 62.3 Å². The zero-order chi connectivity index (χ0) is 25.9. The van der Waals surface area contributed by atoms with Crippen molar-refractivity contribution in [2.45, 2.75) is 54.6 Å². The summed E-state index contributed by atoms with van der Waals surface area (Å²) in [6.07, 6.45) is -2.46. The lowest BCUT2D eigenvalue weighted by atomic mass is 9.46. The first-order valence-electron chi connectivity index (χ1n) is 11.2. The molecule has 0 aromatic heterocycles. The number of hydrogen-bond donors (Lipinski definition) is 4. The molecule has 0 spiro atoms. The normalized spacial score (nSPS) is 29.7. The summed E-state index contributed by atoms with van der Waals surface area (Å²) in [5.74, 6) is -4.07. The van der Waals surface area contributed by atoms with Crippen molar-refractivity contribution in [1.82, 2.24) is 0 Å². The van der Waals surface area contributed by atoms with Crippen molar-refractivity contribution in [3.8, 4) is 0 Å². The van der Waals surface area contributed by atoms with Gasteiger partial charge < -0.3 is 20.6 Å². The van der Waals surface area contributed by atoms with Gasteiger partial charge in [-0.3, -0.25) is 4.79 Å². The highest BCUT2D eigenvalue weighted by molar-refractivity contribution is 7.92. The van der Waals surface area contributed by atoms with Crippen LogP contribution in [-0.2, 0) is 9.84 Å². The molecule has 35 heavy (non-hydrogen) atoms. The van der Waals surface area contributed by atoms with Gasteiger partial charge in [-0.05, 0) is 67.9 Å². The maximum Gasteiger partial charge on any atom is 0.255 e. The number of aliphatic hydroxyl groups is 3. The summed E-state index contributed by atoms with van der Waals surface area (Å²) in [6, 6.07) is 6.55. The maximum atomic E-state index is 13.5. The van der Waals surface area contributed by atoms with E-state index in [-0.39, 0.29) is 39.9 Å². The molecule has 3 aliphatic rings. The van der Waals surface area contributed by atoms with Crippen molar-refractivity contribution in [3.63, 3.8) is 0 Å². The SMILES string of the molecule is CC1C2CC(S(=O)(=O)c3cc(C(=O)Nc4ccc(F)c(F)c4)ccc3Cl)CC1C2(O)[C@H](O)[C@H](C)O. The van der Waals surface area contributed by atoms with Crippen molar-refractivity contribution >= 4 is 33.0 Å². The molecule has 11 heteroatoms. The number of anilines is 1. The summed E-state index contributed by atoms with van der Waals surface area (Å²) in [7, 11) is -4.03. The molecule has 0 aliphatic heterocycles. The number of benzene rings is 2. The Morgan fingerprint density at radius 2 is 1.74 bits per heavy atom. The molecule has 0 radical (unpaired) electrons. The Labute approximate surface area is 206 Å². The molecule has 2 aromatic carbocycles. The zero-order valence-electron chi connectivity index (χ0n) is 19.0. The Morgan fingerprint density at radius 3 is 2.31 bits per heavy atom. The molecule has 190 valence electrons. The van der Waals surface area contributed by atoms with E-state index in [0.717, 1.165) is 18.2 Å². The minimum absolute atomic E-state index is 0.00873. The number of nitrogens with one attached hydrogen (secondary N) is 1. The Morgan fingerprint density at radius 1 is 1.11 bits per heavy atom. The number of carbonyl (C=O) groups excluding carboxylic acids is 1. The first-order chi connectivity index (χ1) is 16.3. The minimum Gasteiger partial charge on any atom is -0.391 e. The fraction of sp³-hybridized carbons (Fsp3) is 0.458. The van der Waals surface area contributed by atoms with E-state index in [0.29, 0.717) is 0 Å². The smallest absolute Gasteiger partial charge is 0.255 e. The molecule has 4 N–H and O–H groups in total. The van der Waals surface area contributed by atoms with Crippen molar-refractivity contribution in [2.24, 2.45) is 17.8 Å². The zero-order valence-corrected chi connectivity index (χ0v) is 20.5. The summed E-state index contributed by atoms with van der Waals surface area (Å²) in [4.78, 5) is 12.4. The van der Waals surface area contributed by atoms with E-state index in [1.807, 2.05) is 6.92 Å². The number of fused-ring (bicyclic) bond motifs is 2. The molecule has 3 fully saturated rings. The van der Waals surface area contributed by atoms with Crippen LogP contribution in [0.15, 0.2) is 41.3 Å². The largest absolute Gasteiger partial charge is 0.391 e. The van der Waals surface area contributed by atoms with Crippen LogP contribution in [0.25, 0.3) is 0 Å². The van der Waals surface area contributed by atoms with E-state index in [2.05, 4.69) is 5.32 Å². The fourth-order valence-electron chi connectivity index (χ4n) is 5.65. The van der Waals surface area contributed by atoms with Crippen LogP contribution in [-0.4, -0.2) is 52.7 Å². The van der Waals surface area contributed by atoms with Crippen LogP contribution < -0.4 is 5.32 Å². The number of amides is 1. The van der Waals surface area contributed by atoms with Gasteiger partial charge in [-0.1, -0.05) is 18.5 Å². The molecule has 1 amide bonds. The topological polar surface area (TPSA) is 124 Å². The van der Waals surface area contributed by atoms with Crippen LogP contribution in [0, 0.1) is 29.4 Å². The first kappa shape index (κ1) is 26.0. The molecular formula is C24H26ClF2NO6S. The highest BCUT2D eigenvalue weighted by Crippen LogP contribution is 2.60. The molecule has 0 heterocycles. The molecule has 3 saturated carbocycles. The van der Waals surface area contributed by atoms with E-state index in [1.165, 1.54) is 25.1 Å². The van der Waals surface area contributed by atoms with Gasteiger partial charge in [0, 0.05) is 17.3 Å². The monoisotopic (exact) mass is 529 g/mol. The van der Waals surface area contributed by atoms with E-state index >= 15 is 0 Å². The highest BCUT2D eigenvalue weighted by atomic mass is 35.5. The van der Waals surface area contributed by atoms with Gasteiger partial charge in [0.25, 0.3) is 5.91 Å². The average Bonchev–Trinajstić information content (AvgIpc) is 2.81. The van der Waals surface area contributed by atoms with Crippen LogP contribution >= 0.6 is 11.6 Å². The summed E-state index contributed by atoms with van der Waals surface area (Å²) >= 11 is 6.20. The highest BCUT2D eigenvalue weighted by Gasteiger charge is 2.67. The Bertz CT molecular complexity index is 1260. The number of halogens is 3. The lowest BCUT2D eigenvalue weighted by molar-refractivity contribution is -0.277. The number of hydrogen-bond acceptors (Lipinski definition) is 6. The average molecular weight is 530 g/mol. The van der Waals surface area contributed by atoms with Gasteiger partial charge in [0.15, 0.2) is 21.5 Å². The van der Waals surface area contributed by atoms with Gasteiger partial charge in [-0.2, -0.15) is 0 Å². The van der Waals surface area contributed by atoms with Crippen molar-refractivity contribution in [3.05, 3.63) is 58.6 Å². The minimum atomic E-state index is -4.03. The van der Waals surface area contributed by atoms with Gasteiger partial charge in [-0.25, -0.2) is 17.2 Å². The third-order valence-electron chi connectivity index (χ3n) is 7.54. The quantitative estimate of drug-likeness (QED) is 0.456. The molecule has 2 bridgehead atoms. The third kappa shape index (κ3) is 4.25. The molecule has 2 aromatic rings. The van der Waals surface area contributed by atoms with Gasteiger partial charge in [0.05, 0.1) is 26.9 Å². The standard InChI is InChI=1S/C24H26ClF2NO6S/c1-11-16-9-15(10-17(11)24(16,32)22(30)12(2)29)35(33,34)21-7-13(3-5-18(21)25)23(31)28-14-4-6-19(26)20(27)8-14/h3-8,11-12,15-17,22,29-30,32H,9-10H2,1-2H3,(H,28,31)/t11?,12-,15?,16?,17?,22+,24?/m0/s1. The third-order valence-corrected chi connectivity index (χ3v) is 10.2. The van der Waals surface area contributed by atoms with Crippen LogP contribution in [0.4, 0.5) is 14.5 Å². The number of carbonyl (C=O) groups is 1. The predicted molar refractivity (Wildman–Crippen MR) is 125 cm³/mol. The van der Waals surface area contributed by atoms with Gasteiger partial charge >= 0.3 is 0 Å². The molecule has 5 rings (SSSR count). The summed E-state index contributed by atoms with van der Waals surface area (Å²) < 4.78 is 53.6. The molecular weight excluding hydrogens is 504 g/mol. The second-order valence-electron chi connectivity index (χ2n) is 9.51. The van der Waals surface area contributed by atoms with Crippen LogP contribution in [0.1, 0.15) is 37.0 Å². The first-order valence-corrected chi connectivity index (χ1v) is 13.1. The molecule has 2 unspecified atom stereocenters. The summed E-state index contributed by atoms with van der Waals surface area (Å²) in [5, 5.41) is 32.6. The van der Waals surface area contributed by atoms with E-state index in [9.17, 15) is 37.3 Å². The fourth-order valence-corrected chi connectivity index (χ4v) is 8.00.